The van der Waals surface area contributed by atoms with Gasteiger partial charge in [0, 0.05) is 12.2 Å². The van der Waals surface area contributed by atoms with E-state index in [4.69, 9.17) is 0 Å². The molecule has 6 heteroatoms. The molecule has 0 amide bonds. The Morgan fingerprint density at radius 2 is 2.06 bits per heavy atom. The number of hydrogen-bond donors (Lipinski definition) is 2. The van der Waals surface area contributed by atoms with Gasteiger partial charge in [0.15, 0.2) is 0 Å². The lowest BCUT2D eigenvalue weighted by Crippen LogP contribution is -2.26. The second kappa shape index (κ2) is 5.61. The third kappa shape index (κ3) is 3.69. The molecule has 0 aromatic heterocycles. The van der Waals surface area contributed by atoms with E-state index in [1.54, 1.807) is 6.07 Å². The molecule has 0 heterocycles. The molecule has 5 nitrogen and oxygen atoms in total. The molecule has 0 saturated carbocycles. The number of hydrogen-bond acceptors (Lipinski definition) is 5. The molecule has 90 valence electrons. The molecule has 0 aliphatic rings. The predicted molar refractivity (Wildman–Crippen MR) is 59.0 cm³/mol. The topological polar surface area (TPSA) is 97.7 Å². The quantitative estimate of drug-likeness (QED) is 0.646. The normalized spacial score (nSPS) is 11.9. The second-order valence-electron chi connectivity index (χ2n) is 3.84. The smallest absolute Gasteiger partial charge is 0.459 e. The zero-order chi connectivity index (χ0) is 13.0. The van der Waals surface area contributed by atoms with Crippen LogP contribution in [0.25, 0.3) is 0 Å². The molecule has 1 atom stereocenters. The highest BCUT2D eigenvalue weighted by atomic mass is 16.4. The first kappa shape index (κ1) is 13.4. The molecule has 0 spiro atoms. The van der Waals surface area contributed by atoms with Crippen molar-refractivity contribution in [1.29, 1.82) is 0 Å². The minimum Gasteiger partial charge on any atom is -0.545 e. The van der Waals surface area contributed by atoms with E-state index in [0.29, 0.717) is 5.56 Å². The Morgan fingerprint density at radius 1 is 1.41 bits per heavy atom. The van der Waals surface area contributed by atoms with Crippen LogP contribution in [0.2, 0.25) is 0 Å². The third-order valence-corrected chi connectivity index (χ3v) is 2.42. The summed E-state index contributed by atoms with van der Waals surface area (Å²) < 4.78 is 0. The average molecular weight is 235 g/mol. The van der Waals surface area contributed by atoms with E-state index in [0.717, 1.165) is 0 Å². The predicted octanol–water partition coefficient (Wildman–Crippen LogP) is -0.875. The highest BCUT2D eigenvalue weighted by Crippen LogP contribution is 2.22. The van der Waals surface area contributed by atoms with Gasteiger partial charge in [0.2, 0.25) is 0 Å². The van der Waals surface area contributed by atoms with Crippen molar-refractivity contribution in [3.63, 3.8) is 0 Å². The van der Waals surface area contributed by atoms with E-state index in [9.17, 15) is 24.7 Å². The van der Waals surface area contributed by atoms with Crippen molar-refractivity contribution >= 4 is 18.9 Å². The lowest BCUT2D eigenvalue weighted by molar-refractivity contribution is -0.255. The molecule has 2 N–H and O–H groups in total. The second-order valence-corrected chi connectivity index (χ2v) is 3.84. The molecule has 1 aromatic carbocycles. The van der Waals surface area contributed by atoms with Crippen molar-refractivity contribution in [1.82, 2.24) is 0 Å². The lowest BCUT2D eigenvalue weighted by Gasteiger charge is -2.16. The van der Waals surface area contributed by atoms with Gasteiger partial charge in [-0.3, -0.25) is 0 Å². The number of benzene rings is 1. The molecule has 1 aromatic rings. The number of carbonyl (C=O) groups excluding carboxylic acids is 2. The average Bonchev–Trinajstić information content (AvgIpc) is 2.25. The molecular weight excluding hydrogens is 223 g/mol. The van der Waals surface area contributed by atoms with Gasteiger partial charge in [0.1, 0.15) is 5.78 Å². The molecule has 0 fully saturated rings. The van der Waals surface area contributed by atoms with Gasteiger partial charge in [0.05, 0.1) is 5.97 Å². The van der Waals surface area contributed by atoms with Crippen LogP contribution in [0.15, 0.2) is 24.3 Å². The summed E-state index contributed by atoms with van der Waals surface area (Å²) in [5, 5.41) is 29.0. The van der Waals surface area contributed by atoms with E-state index in [2.05, 4.69) is 0 Å². The van der Waals surface area contributed by atoms with Gasteiger partial charge in [-0.25, -0.2) is 0 Å². The number of rotatable bonds is 5. The fraction of sp³-hybridized carbons (Fsp3) is 0.273. The van der Waals surface area contributed by atoms with Gasteiger partial charge >= 0.3 is 7.12 Å². The van der Waals surface area contributed by atoms with Crippen LogP contribution >= 0.6 is 0 Å². The third-order valence-electron chi connectivity index (χ3n) is 2.42. The summed E-state index contributed by atoms with van der Waals surface area (Å²) in [5.74, 6) is -2.38. The molecule has 0 aliphatic heterocycles. The summed E-state index contributed by atoms with van der Waals surface area (Å²) in [6.07, 6.45) is -0.0613. The van der Waals surface area contributed by atoms with Crippen molar-refractivity contribution in [2.24, 2.45) is 0 Å². The van der Waals surface area contributed by atoms with E-state index in [-0.39, 0.29) is 17.8 Å². The zero-order valence-electron chi connectivity index (χ0n) is 9.29. The van der Waals surface area contributed by atoms with Crippen LogP contribution in [0.5, 0.6) is 0 Å². The van der Waals surface area contributed by atoms with Gasteiger partial charge in [-0.05, 0) is 18.1 Å². The Hall–Kier alpha value is -1.66. The minimum absolute atomic E-state index is 0.0586. The number of ketones is 1. The maximum atomic E-state index is 11.0. The summed E-state index contributed by atoms with van der Waals surface area (Å²) in [5.41, 5.74) is 0.327. The largest absolute Gasteiger partial charge is 0.545 e. The number of Topliss-reactive ketones (excluding diaryl/α,β-unsaturated/α-hetero) is 1. The summed E-state index contributed by atoms with van der Waals surface area (Å²) >= 11 is 0. The first-order valence-corrected chi connectivity index (χ1v) is 5.08. The maximum Gasteiger partial charge on any atom is 0.459 e. The van der Waals surface area contributed by atoms with E-state index in [1.807, 2.05) is 0 Å². The first-order chi connectivity index (χ1) is 7.91. The van der Waals surface area contributed by atoms with Gasteiger partial charge in [0.25, 0.3) is 0 Å². The molecule has 0 bridgehead atoms. The van der Waals surface area contributed by atoms with Gasteiger partial charge in [-0.15, -0.1) is 0 Å². The lowest BCUT2D eigenvalue weighted by atomic mass is 9.66. The highest BCUT2D eigenvalue weighted by Gasteiger charge is 2.26. The fourth-order valence-corrected chi connectivity index (χ4v) is 1.60. The monoisotopic (exact) mass is 235 g/mol. The molecule has 17 heavy (non-hydrogen) atoms. The van der Waals surface area contributed by atoms with Crippen molar-refractivity contribution in [2.45, 2.75) is 19.2 Å². The molecule has 0 unspecified atom stereocenters. The van der Waals surface area contributed by atoms with Crippen LogP contribution in [0.1, 0.15) is 35.1 Å². The highest BCUT2D eigenvalue weighted by molar-refractivity contribution is 6.43. The number of aromatic carboxylic acids is 1. The van der Waals surface area contributed by atoms with Crippen LogP contribution in [-0.4, -0.2) is 28.9 Å². The van der Waals surface area contributed by atoms with Crippen LogP contribution in [-0.2, 0) is 4.79 Å². The van der Waals surface area contributed by atoms with Gasteiger partial charge in [-0.1, -0.05) is 24.3 Å². The Balaban J connectivity index is 3.05. The first-order valence-electron chi connectivity index (χ1n) is 5.08. The van der Waals surface area contributed by atoms with Crippen molar-refractivity contribution < 1.29 is 24.7 Å². The van der Waals surface area contributed by atoms with E-state index in [1.165, 1.54) is 25.1 Å². The standard InChI is InChI=1S/C11H13BO5/c1-7(13)5-10(12(16)17)8-3-2-4-9(6-8)11(14)15/h2-4,6,10,16-17H,5H2,1H3,(H,14,15)/p-1/t10-/m0/s1. The van der Waals surface area contributed by atoms with Crippen LogP contribution in [0, 0.1) is 0 Å². The fourth-order valence-electron chi connectivity index (χ4n) is 1.60. The van der Waals surface area contributed by atoms with Crippen LogP contribution in [0.3, 0.4) is 0 Å². The van der Waals surface area contributed by atoms with Gasteiger partial charge in [-0.2, -0.15) is 0 Å². The molecule has 0 radical (unpaired) electrons. The number of carboxylic acid groups (broad SMARTS) is 1. The number of carbonyl (C=O) groups is 2. The van der Waals surface area contributed by atoms with Crippen molar-refractivity contribution in [3.05, 3.63) is 35.4 Å². The summed E-state index contributed by atoms with van der Waals surface area (Å²) in [4.78, 5) is 21.7. The van der Waals surface area contributed by atoms with E-state index >= 15 is 0 Å². The molecule has 1 rings (SSSR count). The van der Waals surface area contributed by atoms with Gasteiger partial charge < -0.3 is 24.7 Å². The number of carboxylic acids is 1. The maximum absolute atomic E-state index is 11.0. The SMILES string of the molecule is CC(=O)C[C@H](B(O)O)c1cccc(C(=O)[O-])c1. The van der Waals surface area contributed by atoms with E-state index < -0.39 is 18.9 Å². The minimum atomic E-state index is -1.71. The van der Waals surface area contributed by atoms with Crippen LogP contribution < -0.4 is 5.11 Å². The molecule has 0 saturated heterocycles. The zero-order valence-corrected chi connectivity index (χ0v) is 9.29. The van der Waals surface area contributed by atoms with Crippen molar-refractivity contribution in [3.8, 4) is 0 Å². The Kier molecular flexibility index (Phi) is 4.42. The molecular formula is C11H12BO5-. The summed E-state index contributed by atoms with van der Waals surface area (Å²) in [6, 6.07) is 5.63. The summed E-state index contributed by atoms with van der Waals surface area (Å²) in [6.45, 7) is 1.33. The summed E-state index contributed by atoms with van der Waals surface area (Å²) in [7, 11) is -1.71. The Morgan fingerprint density at radius 3 is 2.53 bits per heavy atom. The molecule has 0 aliphatic carbocycles. The van der Waals surface area contributed by atoms with Crippen LogP contribution in [0.4, 0.5) is 0 Å². The Bertz CT molecular complexity index is 430. The van der Waals surface area contributed by atoms with Crippen molar-refractivity contribution in [2.75, 3.05) is 0 Å². The Labute approximate surface area is 98.9 Å².